The number of allylic oxidation sites excluding steroid dienone is 2. The summed E-state index contributed by atoms with van der Waals surface area (Å²) >= 11 is 0. The predicted octanol–water partition coefficient (Wildman–Crippen LogP) is 2.63. The predicted molar refractivity (Wildman–Crippen MR) is 66.9 cm³/mol. The van der Waals surface area contributed by atoms with Crippen molar-refractivity contribution >= 4 is 0 Å². The number of hydrogen-bond acceptors (Lipinski definition) is 2. The summed E-state index contributed by atoms with van der Waals surface area (Å²) in [5.74, 6) is 1.48. The van der Waals surface area contributed by atoms with Crippen molar-refractivity contribution in [3.63, 3.8) is 0 Å². The SMILES string of the molecule is COc1cccc2c1CC=C(C)C2CCN. The van der Waals surface area contributed by atoms with Gasteiger partial charge in [-0.3, -0.25) is 0 Å². The number of ether oxygens (including phenoxy) is 1. The zero-order valence-corrected chi connectivity index (χ0v) is 9.99. The first kappa shape index (κ1) is 11.2. The third kappa shape index (κ3) is 1.85. The zero-order chi connectivity index (χ0) is 11.5. The normalized spacial score (nSPS) is 18.9. The molecule has 0 amide bonds. The first-order valence-electron chi connectivity index (χ1n) is 5.80. The highest BCUT2D eigenvalue weighted by atomic mass is 16.5. The maximum absolute atomic E-state index is 5.69. The van der Waals surface area contributed by atoms with E-state index < -0.39 is 0 Å². The molecule has 0 spiro atoms. The molecular weight excluding hydrogens is 198 g/mol. The van der Waals surface area contributed by atoms with Gasteiger partial charge >= 0.3 is 0 Å². The van der Waals surface area contributed by atoms with Crippen molar-refractivity contribution in [3.8, 4) is 5.75 Å². The molecule has 2 N–H and O–H groups in total. The molecule has 0 aliphatic heterocycles. The average Bonchev–Trinajstić information content (AvgIpc) is 2.32. The quantitative estimate of drug-likeness (QED) is 0.790. The Kier molecular flexibility index (Phi) is 3.30. The second-order valence-electron chi connectivity index (χ2n) is 4.31. The molecule has 1 aliphatic carbocycles. The number of methoxy groups -OCH3 is 1. The van der Waals surface area contributed by atoms with E-state index in [1.54, 1.807) is 7.11 Å². The first-order valence-corrected chi connectivity index (χ1v) is 5.80. The molecule has 0 aromatic heterocycles. The Hall–Kier alpha value is -1.28. The average molecular weight is 217 g/mol. The van der Waals surface area contributed by atoms with Gasteiger partial charge in [0.2, 0.25) is 0 Å². The van der Waals surface area contributed by atoms with Gasteiger partial charge in [0, 0.05) is 11.5 Å². The van der Waals surface area contributed by atoms with E-state index >= 15 is 0 Å². The van der Waals surface area contributed by atoms with E-state index in [0.717, 1.165) is 25.1 Å². The Labute approximate surface area is 97.1 Å². The molecule has 16 heavy (non-hydrogen) atoms. The molecule has 0 fully saturated rings. The van der Waals surface area contributed by atoms with E-state index in [1.807, 2.05) is 6.07 Å². The third-order valence-electron chi connectivity index (χ3n) is 3.40. The lowest BCUT2D eigenvalue weighted by Gasteiger charge is -2.26. The number of fused-ring (bicyclic) bond motifs is 1. The maximum Gasteiger partial charge on any atom is 0.122 e. The van der Waals surface area contributed by atoms with Crippen LogP contribution in [0.1, 0.15) is 30.4 Å². The van der Waals surface area contributed by atoms with Crippen LogP contribution in [0.3, 0.4) is 0 Å². The van der Waals surface area contributed by atoms with E-state index in [-0.39, 0.29) is 0 Å². The maximum atomic E-state index is 5.69. The smallest absolute Gasteiger partial charge is 0.122 e. The summed E-state index contributed by atoms with van der Waals surface area (Å²) in [6, 6.07) is 6.31. The third-order valence-corrected chi connectivity index (χ3v) is 3.40. The highest BCUT2D eigenvalue weighted by molar-refractivity contribution is 5.48. The molecule has 0 heterocycles. The van der Waals surface area contributed by atoms with Crippen LogP contribution < -0.4 is 10.5 Å². The van der Waals surface area contributed by atoms with Gasteiger partial charge in [-0.05, 0) is 37.9 Å². The zero-order valence-electron chi connectivity index (χ0n) is 9.99. The van der Waals surface area contributed by atoms with Crippen LogP contribution in [0.25, 0.3) is 0 Å². The van der Waals surface area contributed by atoms with Gasteiger partial charge in [-0.2, -0.15) is 0 Å². The van der Waals surface area contributed by atoms with Gasteiger partial charge < -0.3 is 10.5 Å². The van der Waals surface area contributed by atoms with Crippen LogP contribution >= 0.6 is 0 Å². The summed E-state index contributed by atoms with van der Waals surface area (Å²) < 4.78 is 5.41. The van der Waals surface area contributed by atoms with Crippen LogP contribution in [-0.4, -0.2) is 13.7 Å². The second kappa shape index (κ2) is 4.71. The molecule has 0 saturated heterocycles. The highest BCUT2D eigenvalue weighted by Gasteiger charge is 2.22. The van der Waals surface area contributed by atoms with Crippen molar-refractivity contribution in [2.45, 2.75) is 25.7 Å². The lowest BCUT2D eigenvalue weighted by molar-refractivity contribution is 0.409. The molecule has 0 saturated carbocycles. The van der Waals surface area contributed by atoms with Crippen molar-refractivity contribution in [3.05, 3.63) is 41.0 Å². The summed E-state index contributed by atoms with van der Waals surface area (Å²) in [6.07, 6.45) is 4.29. The Morgan fingerprint density at radius 2 is 2.25 bits per heavy atom. The number of nitrogens with two attached hydrogens (primary N) is 1. The van der Waals surface area contributed by atoms with Crippen LogP contribution in [0.2, 0.25) is 0 Å². The van der Waals surface area contributed by atoms with E-state index in [1.165, 1.54) is 16.7 Å². The lowest BCUT2D eigenvalue weighted by atomic mass is 9.80. The van der Waals surface area contributed by atoms with Crippen LogP contribution in [0.15, 0.2) is 29.8 Å². The van der Waals surface area contributed by atoms with Crippen molar-refractivity contribution in [1.29, 1.82) is 0 Å². The van der Waals surface area contributed by atoms with Crippen LogP contribution in [-0.2, 0) is 6.42 Å². The Morgan fingerprint density at radius 1 is 1.44 bits per heavy atom. The van der Waals surface area contributed by atoms with E-state index in [4.69, 9.17) is 10.5 Å². The molecule has 1 unspecified atom stereocenters. The van der Waals surface area contributed by atoms with Gasteiger partial charge in [-0.1, -0.05) is 23.8 Å². The summed E-state index contributed by atoms with van der Waals surface area (Å²) in [4.78, 5) is 0. The summed E-state index contributed by atoms with van der Waals surface area (Å²) in [5.41, 5.74) is 9.85. The molecule has 1 aromatic rings. The standard InChI is InChI=1S/C14H19NO/c1-10-6-7-13-12(11(10)8-9-15)4-3-5-14(13)16-2/h3-6,11H,7-9,15H2,1-2H3. The summed E-state index contributed by atoms with van der Waals surface area (Å²) in [7, 11) is 1.73. The van der Waals surface area contributed by atoms with Gasteiger partial charge in [0.1, 0.15) is 5.75 Å². The molecule has 0 bridgehead atoms. The molecule has 1 atom stereocenters. The largest absolute Gasteiger partial charge is 0.496 e. The topological polar surface area (TPSA) is 35.2 Å². The van der Waals surface area contributed by atoms with Gasteiger partial charge in [0.15, 0.2) is 0 Å². The van der Waals surface area contributed by atoms with Crippen LogP contribution in [0.4, 0.5) is 0 Å². The molecule has 86 valence electrons. The Morgan fingerprint density at radius 3 is 2.94 bits per heavy atom. The summed E-state index contributed by atoms with van der Waals surface area (Å²) in [6.45, 7) is 2.93. The van der Waals surface area contributed by atoms with Gasteiger partial charge in [0.05, 0.1) is 7.11 Å². The highest BCUT2D eigenvalue weighted by Crippen LogP contribution is 2.38. The minimum absolute atomic E-state index is 0.476. The van der Waals surface area contributed by atoms with E-state index in [9.17, 15) is 0 Å². The van der Waals surface area contributed by atoms with Crippen LogP contribution in [0.5, 0.6) is 5.75 Å². The fraction of sp³-hybridized carbons (Fsp3) is 0.429. The molecule has 2 nitrogen and oxygen atoms in total. The Balaban J connectivity index is 2.44. The van der Waals surface area contributed by atoms with Gasteiger partial charge in [0.25, 0.3) is 0 Å². The first-order chi connectivity index (χ1) is 7.77. The van der Waals surface area contributed by atoms with Crippen molar-refractivity contribution < 1.29 is 4.74 Å². The Bertz CT molecular complexity index is 409. The molecule has 2 heteroatoms. The minimum atomic E-state index is 0.476. The lowest BCUT2D eigenvalue weighted by Crippen LogP contribution is -2.14. The van der Waals surface area contributed by atoms with Crippen molar-refractivity contribution in [1.82, 2.24) is 0 Å². The molecule has 1 aliphatic rings. The molecule has 1 aromatic carbocycles. The number of rotatable bonds is 3. The van der Waals surface area contributed by atoms with Crippen molar-refractivity contribution in [2.24, 2.45) is 5.73 Å². The van der Waals surface area contributed by atoms with Crippen LogP contribution in [0, 0.1) is 0 Å². The monoisotopic (exact) mass is 217 g/mol. The summed E-state index contributed by atoms with van der Waals surface area (Å²) in [5, 5.41) is 0. The minimum Gasteiger partial charge on any atom is -0.496 e. The van der Waals surface area contributed by atoms with E-state index in [2.05, 4.69) is 25.1 Å². The molecular formula is C14H19NO. The van der Waals surface area contributed by atoms with Gasteiger partial charge in [-0.15, -0.1) is 0 Å². The molecule has 0 radical (unpaired) electrons. The van der Waals surface area contributed by atoms with E-state index in [0.29, 0.717) is 5.92 Å². The fourth-order valence-corrected chi connectivity index (χ4v) is 2.52. The second-order valence-corrected chi connectivity index (χ2v) is 4.31. The van der Waals surface area contributed by atoms with Crippen molar-refractivity contribution in [2.75, 3.05) is 13.7 Å². The molecule has 2 rings (SSSR count). The van der Waals surface area contributed by atoms with Gasteiger partial charge in [-0.25, -0.2) is 0 Å². The number of hydrogen-bond donors (Lipinski definition) is 1. The fourth-order valence-electron chi connectivity index (χ4n) is 2.52. The number of benzene rings is 1.